The van der Waals surface area contributed by atoms with E-state index >= 15 is 0 Å². The third-order valence-electron chi connectivity index (χ3n) is 2.04. The number of nitrogens with two attached hydrogens (primary N) is 1. The Bertz CT molecular complexity index is 476. The molecule has 0 amide bonds. The first-order valence-electron chi connectivity index (χ1n) is 5.50. The fraction of sp³-hybridized carbons (Fsp3) is 0.500. The molecule has 1 rings (SSSR count). The largest absolute Gasteiger partial charge is 0.377 e. The lowest BCUT2D eigenvalue weighted by atomic mass is 10.5. The van der Waals surface area contributed by atoms with Gasteiger partial charge in [0.15, 0.2) is 5.82 Å². The van der Waals surface area contributed by atoms with E-state index in [9.17, 15) is 8.42 Å². The summed E-state index contributed by atoms with van der Waals surface area (Å²) in [6, 6.07) is 2.95. The minimum absolute atomic E-state index is 0.0112. The maximum absolute atomic E-state index is 12.0. The van der Waals surface area contributed by atoms with Gasteiger partial charge in [0, 0.05) is 12.7 Å². The Balaban J connectivity index is 2.68. The lowest BCUT2D eigenvalue weighted by Crippen LogP contribution is -2.29. The monoisotopic (exact) mass is 274 g/mol. The van der Waals surface area contributed by atoms with Gasteiger partial charge in [0.1, 0.15) is 4.90 Å². The molecule has 0 bridgehead atoms. The van der Waals surface area contributed by atoms with Gasteiger partial charge in [-0.05, 0) is 26.0 Å². The summed E-state index contributed by atoms with van der Waals surface area (Å²) < 4.78 is 31.6. The van der Waals surface area contributed by atoms with Gasteiger partial charge in [-0.2, -0.15) is 0 Å². The molecule has 0 radical (unpaired) electrons. The van der Waals surface area contributed by atoms with Crippen molar-refractivity contribution in [2.24, 2.45) is 5.84 Å². The zero-order valence-electron chi connectivity index (χ0n) is 10.4. The summed E-state index contributed by atoms with van der Waals surface area (Å²) in [5.41, 5.74) is 2.25. The topological polar surface area (TPSA) is 106 Å². The number of pyridine rings is 1. The van der Waals surface area contributed by atoms with Crippen LogP contribution in [-0.2, 0) is 14.8 Å². The Labute approximate surface area is 107 Å². The van der Waals surface area contributed by atoms with Crippen LogP contribution in [0.2, 0.25) is 0 Å². The Kier molecular flexibility index (Phi) is 5.48. The SMILES string of the molecule is CC(C)OCCNS(=O)(=O)c1cccnc1NN. The summed E-state index contributed by atoms with van der Waals surface area (Å²) in [5, 5.41) is 0. The first-order valence-corrected chi connectivity index (χ1v) is 6.98. The second-order valence-electron chi connectivity index (χ2n) is 3.81. The van der Waals surface area contributed by atoms with E-state index in [-0.39, 0.29) is 23.4 Å². The van der Waals surface area contributed by atoms with Crippen molar-refractivity contribution >= 4 is 15.8 Å². The molecule has 7 nitrogen and oxygen atoms in total. The number of hydrazine groups is 1. The number of sulfonamides is 1. The second-order valence-corrected chi connectivity index (χ2v) is 5.55. The van der Waals surface area contributed by atoms with Gasteiger partial charge in [-0.3, -0.25) is 0 Å². The molecule has 0 spiro atoms. The van der Waals surface area contributed by atoms with Crippen LogP contribution < -0.4 is 16.0 Å². The number of nitrogens with zero attached hydrogens (tertiary/aromatic N) is 1. The number of aromatic nitrogens is 1. The number of rotatable bonds is 7. The molecule has 1 heterocycles. The fourth-order valence-corrected chi connectivity index (χ4v) is 2.40. The van der Waals surface area contributed by atoms with E-state index < -0.39 is 10.0 Å². The quantitative estimate of drug-likeness (QED) is 0.369. The van der Waals surface area contributed by atoms with E-state index in [1.165, 1.54) is 18.3 Å². The Morgan fingerprint density at radius 3 is 2.83 bits per heavy atom. The van der Waals surface area contributed by atoms with Crippen LogP contribution in [0.5, 0.6) is 0 Å². The maximum Gasteiger partial charge on any atom is 0.244 e. The average Bonchev–Trinajstić information content (AvgIpc) is 2.34. The van der Waals surface area contributed by atoms with Crippen molar-refractivity contribution in [1.82, 2.24) is 9.71 Å². The summed E-state index contributed by atoms with van der Waals surface area (Å²) in [6.07, 6.45) is 1.52. The van der Waals surface area contributed by atoms with Gasteiger partial charge in [-0.1, -0.05) is 0 Å². The van der Waals surface area contributed by atoms with Gasteiger partial charge in [-0.15, -0.1) is 0 Å². The van der Waals surface area contributed by atoms with Crippen molar-refractivity contribution in [3.05, 3.63) is 18.3 Å². The average molecular weight is 274 g/mol. The highest BCUT2D eigenvalue weighted by Gasteiger charge is 2.18. The summed E-state index contributed by atoms with van der Waals surface area (Å²) >= 11 is 0. The van der Waals surface area contributed by atoms with E-state index in [1.807, 2.05) is 13.8 Å². The standard InChI is InChI=1S/C10H18N4O3S/c1-8(2)17-7-6-13-18(15,16)9-4-3-5-12-10(9)14-11/h3-5,8,13H,6-7,11H2,1-2H3,(H,12,14). The molecule has 0 aliphatic carbocycles. The molecule has 0 aromatic carbocycles. The molecule has 0 fully saturated rings. The maximum atomic E-state index is 12.0. The van der Waals surface area contributed by atoms with E-state index in [0.717, 1.165) is 0 Å². The molecule has 102 valence electrons. The van der Waals surface area contributed by atoms with Crippen molar-refractivity contribution in [3.63, 3.8) is 0 Å². The highest BCUT2D eigenvalue weighted by molar-refractivity contribution is 7.89. The zero-order valence-corrected chi connectivity index (χ0v) is 11.2. The molecule has 0 aliphatic heterocycles. The molecule has 1 aromatic rings. The van der Waals surface area contributed by atoms with Crippen molar-refractivity contribution in [1.29, 1.82) is 0 Å². The van der Waals surface area contributed by atoms with Gasteiger partial charge in [-0.25, -0.2) is 24.0 Å². The van der Waals surface area contributed by atoms with Crippen molar-refractivity contribution in [3.8, 4) is 0 Å². The lowest BCUT2D eigenvalue weighted by Gasteiger charge is -2.11. The third-order valence-corrected chi connectivity index (χ3v) is 3.53. The molecule has 1 aromatic heterocycles. The molecule has 0 saturated heterocycles. The van der Waals surface area contributed by atoms with Crippen LogP contribution in [0.25, 0.3) is 0 Å². The first-order chi connectivity index (χ1) is 8.47. The fourth-order valence-electron chi connectivity index (χ4n) is 1.26. The number of nitrogen functional groups attached to an aromatic ring is 1. The Morgan fingerprint density at radius 2 is 2.22 bits per heavy atom. The third kappa shape index (κ3) is 4.22. The number of hydrogen-bond donors (Lipinski definition) is 3. The van der Waals surface area contributed by atoms with Crippen LogP contribution in [-0.4, -0.2) is 32.7 Å². The van der Waals surface area contributed by atoms with Gasteiger partial charge in [0.2, 0.25) is 10.0 Å². The van der Waals surface area contributed by atoms with E-state index in [1.54, 1.807) is 0 Å². The van der Waals surface area contributed by atoms with Crippen LogP contribution in [0.3, 0.4) is 0 Å². The lowest BCUT2D eigenvalue weighted by molar-refractivity contribution is 0.0834. The molecule has 0 unspecified atom stereocenters. The van der Waals surface area contributed by atoms with Crippen LogP contribution >= 0.6 is 0 Å². The van der Waals surface area contributed by atoms with Gasteiger partial charge < -0.3 is 10.2 Å². The minimum atomic E-state index is -3.64. The van der Waals surface area contributed by atoms with Crippen molar-refractivity contribution < 1.29 is 13.2 Å². The molecular formula is C10H18N4O3S. The van der Waals surface area contributed by atoms with Crippen LogP contribution in [0.15, 0.2) is 23.2 Å². The number of ether oxygens (including phenoxy) is 1. The summed E-state index contributed by atoms with van der Waals surface area (Å²) in [6.45, 7) is 4.26. The predicted octanol–water partition coefficient (Wildman–Crippen LogP) is 0.0705. The summed E-state index contributed by atoms with van der Waals surface area (Å²) in [7, 11) is -3.64. The molecule has 0 aliphatic rings. The number of hydrogen-bond acceptors (Lipinski definition) is 6. The smallest absolute Gasteiger partial charge is 0.244 e. The summed E-state index contributed by atoms with van der Waals surface area (Å²) in [5.74, 6) is 5.32. The van der Waals surface area contributed by atoms with Crippen molar-refractivity contribution in [2.75, 3.05) is 18.6 Å². The van der Waals surface area contributed by atoms with E-state index in [4.69, 9.17) is 10.6 Å². The van der Waals surface area contributed by atoms with Crippen LogP contribution in [0, 0.1) is 0 Å². The highest BCUT2D eigenvalue weighted by Crippen LogP contribution is 2.16. The molecule has 4 N–H and O–H groups in total. The predicted molar refractivity (Wildman–Crippen MR) is 68.3 cm³/mol. The molecule has 18 heavy (non-hydrogen) atoms. The van der Waals surface area contributed by atoms with Gasteiger partial charge >= 0.3 is 0 Å². The van der Waals surface area contributed by atoms with Crippen LogP contribution in [0.4, 0.5) is 5.82 Å². The number of nitrogens with one attached hydrogen (secondary N) is 2. The molecule has 8 heteroatoms. The molecular weight excluding hydrogens is 256 g/mol. The van der Waals surface area contributed by atoms with Crippen molar-refractivity contribution in [2.45, 2.75) is 24.8 Å². The highest BCUT2D eigenvalue weighted by atomic mass is 32.2. The second kappa shape index (κ2) is 6.64. The summed E-state index contributed by atoms with van der Waals surface area (Å²) in [4.78, 5) is 3.84. The van der Waals surface area contributed by atoms with E-state index in [0.29, 0.717) is 6.61 Å². The zero-order chi connectivity index (χ0) is 13.6. The molecule has 0 saturated carbocycles. The Morgan fingerprint density at radius 1 is 1.50 bits per heavy atom. The molecule has 0 atom stereocenters. The Hall–Kier alpha value is -1.22. The van der Waals surface area contributed by atoms with Gasteiger partial charge in [0.25, 0.3) is 0 Å². The van der Waals surface area contributed by atoms with Crippen LogP contribution in [0.1, 0.15) is 13.8 Å². The first kappa shape index (κ1) is 14.8. The van der Waals surface area contributed by atoms with Gasteiger partial charge in [0.05, 0.1) is 12.7 Å². The minimum Gasteiger partial charge on any atom is -0.377 e. The van der Waals surface area contributed by atoms with E-state index in [2.05, 4.69) is 15.1 Å². The number of anilines is 1. The normalized spacial score (nSPS) is 11.8.